The van der Waals surface area contributed by atoms with Crippen LogP contribution in [0.3, 0.4) is 0 Å². The maximum atomic E-state index is 12.5. The zero-order valence-electron chi connectivity index (χ0n) is 11.8. The van der Waals surface area contributed by atoms with E-state index in [-0.39, 0.29) is 11.8 Å². The first-order valence-corrected chi connectivity index (χ1v) is 6.91. The van der Waals surface area contributed by atoms with Crippen LogP contribution in [0.4, 0.5) is 5.69 Å². The van der Waals surface area contributed by atoms with Gasteiger partial charge in [0.25, 0.3) is 5.91 Å². The number of nitrogen functional groups attached to an aromatic ring is 1. The minimum absolute atomic E-state index is 0.0156. The van der Waals surface area contributed by atoms with Gasteiger partial charge < -0.3 is 16.4 Å². The molecule has 0 aromatic heterocycles. The van der Waals surface area contributed by atoms with E-state index in [2.05, 4.69) is 0 Å². The summed E-state index contributed by atoms with van der Waals surface area (Å²) in [6.45, 7) is 3.21. The maximum Gasteiger partial charge on any atom is 0.256 e. The van der Waals surface area contributed by atoms with Crippen LogP contribution in [0.2, 0.25) is 0 Å². The lowest BCUT2D eigenvalue weighted by Gasteiger charge is -2.32. The number of amides is 2. The van der Waals surface area contributed by atoms with Crippen molar-refractivity contribution in [2.45, 2.75) is 26.2 Å². The van der Waals surface area contributed by atoms with Crippen molar-refractivity contribution in [2.24, 2.45) is 11.7 Å². The number of benzene rings is 1. The van der Waals surface area contributed by atoms with E-state index in [1.165, 1.54) is 0 Å². The number of hydrogen-bond acceptors (Lipinski definition) is 3. The average Bonchev–Trinajstić information content (AvgIpc) is 2.38. The number of carbonyl (C=O) groups is 2. The van der Waals surface area contributed by atoms with Crippen molar-refractivity contribution in [3.8, 4) is 0 Å². The number of nitrogens with zero attached hydrogens (tertiary/aromatic N) is 1. The maximum absolute atomic E-state index is 12.5. The first-order valence-electron chi connectivity index (χ1n) is 6.91. The number of anilines is 1. The van der Waals surface area contributed by atoms with Gasteiger partial charge in [0.15, 0.2) is 0 Å². The van der Waals surface area contributed by atoms with Crippen molar-refractivity contribution in [1.82, 2.24) is 4.90 Å². The molecule has 108 valence electrons. The Hall–Kier alpha value is -2.04. The largest absolute Gasteiger partial charge is 0.398 e. The SMILES string of the molecule is Cc1cccc(N)c1C(=O)N1CCC(CC(N)=O)CC1. The van der Waals surface area contributed by atoms with E-state index in [0.717, 1.165) is 18.4 Å². The Morgan fingerprint density at radius 1 is 1.30 bits per heavy atom. The van der Waals surface area contributed by atoms with Crippen molar-refractivity contribution in [3.63, 3.8) is 0 Å². The van der Waals surface area contributed by atoms with Gasteiger partial charge >= 0.3 is 0 Å². The van der Waals surface area contributed by atoms with Gasteiger partial charge in [0.2, 0.25) is 5.91 Å². The van der Waals surface area contributed by atoms with Crippen LogP contribution in [0.15, 0.2) is 18.2 Å². The summed E-state index contributed by atoms with van der Waals surface area (Å²) < 4.78 is 0. The molecule has 0 bridgehead atoms. The second-order valence-corrected chi connectivity index (χ2v) is 5.45. The summed E-state index contributed by atoms with van der Waals surface area (Å²) >= 11 is 0. The zero-order chi connectivity index (χ0) is 14.7. The predicted molar refractivity (Wildman–Crippen MR) is 78.0 cm³/mol. The molecule has 1 saturated heterocycles. The molecule has 1 aromatic carbocycles. The molecule has 0 spiro atoms. The van der Waals surface area contributed by atoms with Crippen LogP contribution in [0.5, 0.6) is 0 Å². The van der Waals surface area contributed by atoms with Gasteiger partial charge in [0, 0.05) is 25.2 Å². The summed E-state index contributed by atoms with van der Waals surface area (Å²) in [5.74, 6) is 0.0156. The Bertz CT molecular complexity index is 500. The van der Waals surface area contributed by atoms with E-state index in [1.807, 2.05) is 24.0 Å². The van der Waals surface area contributed by atoms with Gasteiger partial charge in [-0.1, -0.05) is 12.1 Å². The summed E-state index contributed by atoms with van der Waals surface area (Å²) in [7, 11) is 0. The van der Waals surface area contributed by atoms with Crippen molar-refractivity contribution in [1.29, 1.82) is 0 Å². The lowest BCUT2D eigenvalue weighted by Crippen LogP contribution is -2.39. The van der Waals surface area contributed by atoms with E-state index in [4.69, 9.17) is 11.5 Å². The van der Waals surface area contributed by atoms with Crippen LogP contribution < -0.4 is 11.5 Å². The number of rotatable bonds is 3. The molecule has 0 atom stereocenters. The molecule has 20 heavy (non-hydrogen) atoms. The molecule has 0 aliphatic carbocycles. The van der Waals surface area contributed by atoms with Crippen LogP contribution in [-0.4, -0.2) is 29.8 Å². The third kappa shape index (κ3) is 3.10. The molecule has 1 aliphatic heterocycles. The van der Waals surface area contributed by atoms with Gasteiger partial charge in [0.05, 0.1) is 5.56 Å². The zero-order valence-corrected chi connectivity index (χ0v) is 11.8. The van der Waals surface area contributed by atoms with E-state index in [1.54, 1.807) is 6.07 Å². The van der Waals surface area contributed by atoms with E-state index < -0.39 is 0 Å². The molecule has 5 nitrogen and oxygen atoms in total. The van der Waals surface area contributed by atoms with Crippen LogP contribution in [0, 0.1) is 12.8 Å². The Labute approximate surface area is 118 Å². The minimum atomic E-state index is -0.266. The fourth-order valence-corrected chi connectivity index (χ4v) is 2.77. The van der Waals surface area contributed by atoms with Crippen LogP contribution in [-0.2, 0) is 4.79 Å². The Morgan fingerprint density at radius 3 is 2.50 bits per heavy atom. The Morgan fingerprint density at radius 2 is 1.95 bits per heavy atom. The molecule has 1 aromatic rings. The molecule has 5 heteroatoms. The average molecular weight is 275 g/mol. The highest BCUT2D eigenvalue weighted by atomic mass is 16.2. The second kappa shape index (κ2) is 5.94. The topological polar surface area (TPSA) is 89.4 Å². The van der Waals surface area contributed by atoms with Gasteiger partial charge in [-0.25, -0.2) is 0 Å². The Kier molecular flexibility index (Phi) is 4.27. The summed E-state index contributed by atoms with van der Waals surface area (Å²) in [4.78, 5) is 25.3. The van der Waals surface area contributed by atoms with E-state index in [0.29, 0.717) is 36.7 Å². The first-order chi connectivity index (χ1) is 9.49. The monoisotopic (exact) mass is 275 g/mol. The fourth-order valence-electron chi connectivity index (χ4n) is 2.77. The van der Waals surface area contributed by atoms with Crippen molar-refractivity contribution in [3.05, 3.63) is 29.3 Å². The van der Waals surface area contributed by atoms with Gasteiger partial charge in [-0.15, -0.1) is 0 Å². The molecule has 4 N–H and O–H groups in total. The van der Waals surface area contributed by atoms with Gasteiger partial charge in [-0.2, -0.15) is 0 Å². The van der Waals surface area contributed by atoms with Gasteiger partial charge in [-0.05, 0) is 37.3 Å². The normalized spacial score (nSPS) is 16.1. The number of piperidine rings is 1. The quantitative estimate of drug-likeness (QED) is 0.815. The van der Waals surface area contributed by atoms with Crippen molar-refractivity contribution < 1.29 is 9.59 Å². The number of hydrogen-bond donors (Lipinski definition) is 2. The van der Waals surface area contributed by atoms with Gasteiger partial charge in [0.1, 0.15) is 0 Å². The first kappa shape index (κ1) is 14.4. The Balaban J connectivity index is 2.04. The molecule has 2 rings (SSSR count). The molecule has 1 aliphatic rings. The molecular formula is C15H21N3O2. The highest BCUT2D eigenvalue weighted by molar-refractivity contribution is 6.00. The second-order valence-electron chi connectivity index (χ2n) is 5.45. The molecule has 1 fully saturated rings. The highest BCUT2D eigenvalue weighted by Gasteiger charge is 2.26. The smallest absolute Gasteiger partial charge is 0.256 e. The van der Waals surface area contributed by atoms with Crippen LogP contribution >= 0.6 is 0 Å². The molecule has 1 heterocycles. The van der Waals surface area contributed by atoms with E-state index in [9.17, 15) is 9.59 Å². The summed E-state index contributed by atoms with van der Waals surface area (Å²) in [5.41, 5.74) is 13.1. The summed E-state index contributed by atoms with van der Waals surface area (Å²) in [5, 5.41) is 0. The fraction of sp³-hybridized carbons (Fsp3) is 0.467. The van der Waals surface area contributed by atoms with Crippen LogP contribution in [0.25, 0.3) is 0 Å². The van der Waals surface area contributed by atoms with Gasteiger partial charge in [-0.3, -0.25) is 9.59 Å². The lowest BCUT2D eigenvalue weighted by molar-refractivity contribution is -0.119. The van der Waals surface area contributed by atoms with Crippen LogP contribution in [0.1, 0.15) is 35.2 Å². The molecule has 0 radical (unpaired) electrons. The highest BCUT2D eigenvalue weighted by Crippen LogP contribution is 2.24. The molecular weight excluding hydrogens is 254 g/mol. The third-order valence-corrected chi connectivity index (χ3v) is 3.91. The predicted octanol–water partition coefficient (Wildman–Crippen LogP) is 1.30. The molecule has 0 unspecified atom stereocenters. The van der Waals surface area contributed by atoms with Crippen molar-refractivity contribution >= 4 is 17.5 Å². The number of carbonyl (C=O) groups excluding carboxylic acids is 2. The summed E-state index contributed by atoms with van der Waals surface area (Å²) in [6.07, 6.45) is 2.05. The standard InChI is InChI=1S/C15H21N3O2/c1-10-3-2-4-12(16)14(10)15(20)18-7-5-11(6-8-18)9-13(17)19/h2-4,11H,5-9,16H2,1H3,(H2,17,19). The van der Waals surface area contributed by atoms with Crippen molar-refractivity contribution in [2.75, 3.05) is 18.8 Å². The number of aryl methyl sites for hydroxylation is 1. The third-order valence-electron chi connectivity index (χ3n) is 3.91. The number of primary amides is 1. The molecule has 0 saturated carbocycles. The van der Waals surface area contributed by atoms with E-state index >= 15 is 0 Å². The minimum Gasteiger partial charge on any atom is -0.398 e. The number of likely N-dealkylation sites (tertiary alicyclic amines) is 1. The number of nitrogens with two attached hydrogens (primary N) is 2. The summed E-state index contributed by atoms with van der Waals surface area (Å²) in [6, 6.07) is 5.49. The molecule has 2 amide bonds. The lowest BCUT2D eigenvalue weighted by atomic mass is 9.92.